The molecule has 7 heteroatoms. The van der Waals surface area contributed by atoms with Gasteiger partial charge in [0.05, 0.1) is 18.2 Å². The van der Waals surface area contributed by atoms with Crippen molar-refractivity contribution >= 4 is 22.6 Å². The van der Waals surface area contributed by atoms with Crippen LogP contribution in [0, 0.1) is 6.92 Å². The van der Waals surface area contributed by atoms with Gasteiger partial charge in [-0.15, -0.1) is 0 Å². The molecule has 0 spiro atoms. The zero-order valence-corrected chi connectivity index (χ0v) is 13.5. The first-order valence-corrected chi connectivity index (χ1v) is 7.57. The van der Waals surface area contributed by atoms with E-state index in [9.17, 15) is 9.90 Å². The highest BCUT2D eigenvalue weighted by Gasteiger charge is 2.23. The smallest absolute Gasteiger partial charge is 0.254 e. The molecule has 0 aliphatic carbocycles. The molecular formula is C17H19N5O2. The Labute approximate surface area is 138 Å². The highest BCUT2D eigenvalue weighted by atomic mass is 16.3. The van der Waals surface area contributed by atoms with Gasteiger partial charge in [0.2, 0.25) is 0 Å². The molecule has 1 unspecified atom stereocenters. The van der Waals surface area contributed by atoms with E-state index in [1.807, 2.05) is 31.2 Å². The number of hydrogen-bond acceptors (Lipinski definition) is 5. The maximum atomic E-state index is 11.9. The Kier molecular flexibility index (Phi) is 3.94. The second-order valence-corrected chi connectivity index (χ2v) is 5.87. The van der Waals surface area contributed by atoms with Crippen LogP contribution in [-0.2, 0) is 0 Å². The third-order valence-electron chi connectivity index (χ3n) is 3.99. The van der Waals surface area contributed by atoms with Crippen LogP contribution in [0.3, 0.4) is 0 Å². The summed E-state index contributed by atoms with van der Waals surface area (Å²) in [4.78, 5) is 16.3. The second kappa shape index (κ2) is 5.93. The highest BCUT2D eigenvalue weighted by Crippen LogP contribution is 2.30. The zero-order chi connectivity index (χ0) is 17.4. The fourth-order valence-corrected chi connectivity index (χ4v) is 2.67. The van der Waals surface area contributed by atoms with Crippen LogP contribution >= 0.6 is 0 Å². The molecule has 0 aliphatic rings. The van der Waals surface area contributed by atoms with Gasteiger partial charge < -0.3 is 16.6 Å². The van der Waals surface area contributed by atoms with Crippen LogP contribution in [0.4, 0.5) is 5.82 Å². The molecule has 2 heterocycles. The molecule has 0 bridgehead atoms. The van der Waals surface area contributed by atoms with Gasteiger partial charge in [-0.05, 0) is 31.5 Å². The summed E-state index contributed by atoms with van der Waals surface area (Å²) in [5.74, 6) is -0.522. The number of primary amides is 1. The van der Waals surface area contributed by atoms with Crippen LogP contribution in [0.2, 0.25) is 0 Å². The molecule has 0 aliphatic heterocycles. The monoisotopic (exact) mass is 325 g/mol. The minimum absolute atomic E-state index is 0.142. The standard InChI is InChI=1S/C17H19N5O2/c1-9-3-4-11-6-12(7-20-13(11)5-9)15-14(17(19)24)16(18)22(21-15)10(2)8-23/h3-7,10,23H,8,18H2,1-2H3,(H2,19,24). The normalized spacial score (nSPS) is 12.5. The van der Waals surface area contributed by atoms with E-state index in [2.05, 4.69) is 10.1 Å². The maximum Gasteiger partial charge on any atom is 0.254 e. The van der Waals surface area contributed by atoms with Gasteiger partial charge in [0.25, 0.3) is 5.91 Å². The number of rotatable bonds is 4. The molecule has 7 nitrogen and oxygen atoms in total. The van der Waals surface area contributed by atoms with E-state index in [0.29, 0.717) is 11.3 Å². The lowest BCUT2D eigenvalue weighted by molar-refractivity contribution is 0.100. The molecule has 3 aromatic rings. The number of aromatic nitrogens is 3. The Morgan fingerprint density at radius 3 is 2.79 bits per heavy atom. The molecule has 124 valence electrons. The lowest BCUT2D eigenvalue weighted by atomic mass is 10.1. The third-order valence-corrected chi connectivity index (χ3v) is 3.99. The SMILES string of the molecule is Cc1ccc2cc(-c3nn(C(C)CO)c(N)c3C(N)=O)cnc2c1. The van der Waals surface area contributed by atoms with Crippen LogP contribution < -0.4 is 11.5 Å². The van der Waals surface area contributed by atoms with Gasteiger partial charge in [-0.25, -0.2) is 4.68 Å². The number of aliphatic hydroxyl groups excluding tert-OH is 1. The summed E-state index contributed by atoms with van der Waals surface area (Å²) in [6.45, 7) is 3.59. The summed E-state index contributed by atoms with van der Waals surface area (Å²) < 4.78 is 1.41. The van der Waals surface area contributed by atoms with Gasteiger partial charge in [-0.1, -0.05) is 12.1 Å². The number of aliphatic hydroxyl groups is 1. The summed E-state index contributed by atoms with van der Waals surface area (Å²) >= 11 is 0. The van der Waals surface area contributed by atoms with Crippen molar-refractivity contribution in [2.24, 2.45) is 5.73 Å². The Morgan fingerprint density at radius 1 is 1.38 bits per heavy atom. The number of nitrogens with zero attached hydrogens (tertiary/aromatic N) is 3. The molecular weight excluding hydrogens is 306 g/mol. The van der Waals surface area contributed by atoms with Crippen molar-refractivity contribution in [3.05, 3.63) is 41.6 Å². The van der Waals surface area contributed by atoms with Crippen molar-refractivity contribution in [1.82, 2.24) is 14.8 Å². The topological polar surface area (TPSA) is 120 Å². The molecule has 0 saturated carbocycles. The van der Waals surface area contributed by atoms with E-state index in [-0.39, 0.29) is 24.0 Å². The third kappa shape index (κ3) is 2.59. The number of nitrogen functional groups attached to an aromatic ring is 1. The van der Waals surface area contributed by atoms with Crippen molar-refractivity contribution < 1.29 is 9.90 Å². The van der Waals surface area contributed by atoms with Crippen molar-refractivity contribution in [2.45, 2.75) is 19.9 Å². The predicted octanol–water partition coefficient (Wildman–Crippen LogP) is 1.64. The lowest BCUT2D eigenvalue weighted by Gasteiger charge is -2.10. The average molecular weight is 325 g/mol. The van der Waals surface area contributed by atoms with E-state index in [4.69, 9.17) is 11.5 Å². The predicted molar refractivity (Wildman–Crippen MR) is 92.4 cm³/mol. The van der Waals surface area contributed by atoms with Crippen LogP contribution in [-0.4, -0.2) is 32.4 Å². The number of nitrogens with two attached hydrogens (primary N) is 2. The van der Waals surface area contributed by atoms with Gasteiger partial charge in [0.15, 0.2) is 0 Å². The molecule has 2 aromatic heterocycles. The lowest BCUT2D eigenvalue weighted by Crippen LogP contribution is -2.17. The van der Waals surface area contributed by atoms with Crippen molar-refractivity contribution in [1.29, 1.82) is 0 Å². The molecule has 1 aromatic carbocycles. The summed E-state index contributed by atoms with van der Waals surface area (Å²) in [7, 11) is 0. The van der Waals surface area contributed by atoms with Crippen LogP contribution in [0.5, 0.6) is 0 Å². The average Bonchev–Trinajstić information content (AvgIpc) is 2.91. The van der Waals surface area contributed by atoms with Gasteiger partial charge in [0.1, 0.15) is 17.1 Å². The highest BCUT2D eigenvalue weighted by molar-refractivity contribution is 6.03. The number of aryl methyl sites for hydroxylation is 1. The van der Waals surface area contributed by atoms with Gasteiger partial charge in [-0.2, -0.15) is 5.10 Å². The fraction of sp³-hybridized carbons (Fsp3) is 0.235. The number of fused-ring (bicyclic) bond motifs is 1. The first-order chi connectivity index (χ1) is 11.4. The molecule has 1 atom stereocenters. The largest absolute Gasteiger partial charge is 0.394 e. The van der Waals surface area contributed by atoms with Crippen LogP contribution in [0.1, 0.15) is 28.9 Å². The number of amides is 1. The van der Waals surface area contributed by atoms with Crippen molar-refractivity contribution in [3.63, 3.8) is 0 Å². The van der Waals surface area contributed by atoms with Crippen LogP contribution in [0.15, 0.2) is 30.5 Å². The van der Waals surface area contributed by atoms with E-state index >= 15 is 0 Å². The molecule has 1 amide bonds. The van der Waals surface area contributed by atoms with E-state index in [0.717, 1.165) is 16.5 Å². The molecule has 0 fully saturated rings. The van der Waals surface area contributed by atoms with Crippen molar-refractivity contribution in [3.8, 4) is 11.3 Å². The number of carbonyl (C=O) groups is 1. The Balaban J connectivity index is 2.21. The van der Waals surface area contributed by atoms with Crippen molar-refractivity contribution in [2.75, 3.05) is 12.3 Å². The van der Waals surface area contributed by atoms with E-state index < -0.39 is 5.91 Å². The molecule has 0 radical (unpaired) electrons. The Hall–Kier alpha value is -2.93. The molecule has 5 N–H and O–H groups in total. The van der Waals surface area contributed by atoms with Gasteiger partial charge in [0, 0.05) is 17.1 Å². The Morgan fingerprint density at radius 2 is 2.12 bits per heavy atom. The summed E-state index contributed by atoms with van der Waals surface area (Å²) in [6.07, 6.45) is 1.64. The summed E-state index contributed by atoms with van der Waals surface area (Å²) in [6, 6.07) is 7.46. The minimum atomic E-state index is -0.664. The zero-order valence-electron chi connectivity index (χ0n) is 13.5. The van der Waals surface area contributed by atoms with E-state index in [1.54, 1.807) is 13.1 Å². The number of benzene rings is 1. The number of carbonyl (C=O) groups excluding carboxylic acids is 1. The Bertz CT molecular complexity index is 932. The minimum Gasteiger partial charge on any atom is -0.394 e. The second-order valence-electron chi connectivity index (χ2n) is 5.87. The number of pyridine rings is 1. The number of hydrogen-bond donors (Lipinski definition) is 3. The quantitative estimate of drug-likeness (QED) is 0.673. The summed E-state index contributed by atoms with van der Waals surface area (Å²) in [5, 5.41) is 14.7. The molecule has 3 rings (SSSR count). The first kappa shape index (κ1) is 15.9. The molecule has 24 heavy (non-hydrogen) atoms. The van der Waals surface area contributed by atoms with E-state index in [1.165, 1.54) is 4.68 Å². The fourth-order valence-electron chi connectivity index (χ4n) is 2.67. The molecule has 0 saturated heterocycles. The first-order valence-electron chi connectivity index (χ1n) is 7.57. The van der Waals surface area contributed by atoms with Gasteiger partial charge in [-0.3, -0.25) is 9.78 Å². The van der Waals surface area contributed by atoms with Gasteiger partial charge >= 0.3 is 0 Å². The summed E-state index contributed by atoms with van der Waals surface area (Å²) in [5.41, 5.74) is 14.6. The maximum absolute atomic E-state index is 11.9. The number of anilines is 1. The van der Waals surface area contributed by atoms with Crippen LogP contribution in [0.25, 0.3) is 22.2 Å².